The monoisotopic (exact) mass is 340 g/mol. The SMILES string of the molecule is CC(c1ccc(F)c(F)c1)N(C)C(=O)CN1C(C)CCCC1CO. The highest BCUT2D eigenvalue weighted by Crippen LogP contribution is 2.24. The Morgan fingerprint density at radius 1 is 1.38 bits per heavy atom. The first kappa shape index (κ1) is 18.8. The molecule has 1 aliphatic heterocycles. The van der Waals surface area contributed by atoms with Crippen molar-refractivity contribution in [2.45, 2.75) is 51.2 Å². The Morgan fingerprint density at radius 2 is 2.08 bits per heavy atom. The van der Waals surface area contributed by atoms with Crippen molar-refractivity contribution in [2.24, 2.45) is 0 Å². The quantitative estimate of drug-likeness (QED) is 0.896. The summed E-state index contributed by atoms with van der Waals surface area (Å²) in [6.45, 7) is 4.11. The number of hydrogen-bond acceptors (Lipinski definition) is 3. The summed E-state index contributed by atoms with van der Waals surface area (Å²) in [6.07, 6.45) is 2.95. The number of aliphatic hydroxyl groups is 1. The second-order valence-electron chi connectivity index (χ2n) is 6.64. The van der Waals surface area contributed by atoms with E-state index >= 15 is 0 Å². The maximum atomic E-state index is 13.4. The van der Waals surface area contributed by atoms with Crippen LogP contribution in [0.25, 0.3) is 0 Å². The van der Waals surface area contributed by atoms with Gasteiger partial charge in [0, 0.05) is 19.1 Å². The maximum absolute atomic E-state index is 13.4. The average Bonchev–Trinajstić information content (AvgIpc) is 2.57. The molecule has 0 spiro atoms. The molecular formula is C18H26F2N2O2. The highest BCUT2D eigenvalue weighted by Gasteiger charge is 2.30. The Bertz CT molecular complexity index is 582. The number of likely N-dealkylation sites (tertiary alicyclic amines) is 1. The van der Waals surface area contributed by atoms with Gasteiger partial charge < -0.3 is 10.0 Å². The fraction of sp³-hybridized carbons (Fsp3) is 0.611. The van der Waals surface area contributed by atoms with E-state index in [4.69, 9.17) is 0 Å². The van der Waals surface area contributed by atoms with Crippen LogP contribution in [-0.2, 0) is 4.79 Å². The van der Waals surface area contributed by atoms with Gasteiger partial charge in [-0.05, 0) is 44.4 Å². The number of aliphatic hydroxyl groups excluding tert-OH is 1. The number of rotatable bonds is 5. The zero-order valence-electron chi connectivity index (χ0n) is 14.5. The van der Waals surface area contributed by atoms with Gasteiger partial charge in [0.2, 0.25) is 5.91 Å². The second-order valence-corrected chi connectivity index (χ2v) is 6.64. The predicted molar refractivity (Wildman–Crippen MR) is 88.4 cm³/mol. The molecule has 2 rings (SSSR count). The Morgan fingerprint density at radius 3 is 2.71 bits per heavy atom. The van der Waals surface area contributed by atoms with E-state index in [1.807, 2.05) is 4.90 Å². The number of hydrogen-bond donors (Lipinski definition) is 1. The van der Waals surface area contributed by atoms with Gasteiger partial charge >= 0.3 is 0 Å². The molecular weight excluding hydrogens is 314 g/mol. The van der Waals surface area contributed by atoms with Crippen LogP contribution in [0.2, 0.25) is 0 Å². The lowest BCUT2D eigenvalue weighted by Crippen LogP contribution is -2.51. The van der Waals surface area contributed by atoms with Crippen LogP contribution in [0.5, 0.6) is 0 Å². The van der Waals surface area contributed by atoms with E-state index in [1.165, 1.54) is 6.07 Å². The largest absolute Gasteiger partial charge is 0.395 e. The second kappa shape index (κ2) is 8.03. The first-order chi connectivity index (χ1) is 11.3. The third-order valence-electron chi connectivity index (χ3n) is 5.12. The van der Waals surface area contributed by atoms with Gasteiger partial charge in [0.05, 0.1) is 19.2 Å². The van der Waals surface area contributed by atoms with Crippen molar-refractivity contribution in [2.75, 3.05) is 20.2 Å². The van der Waals surface area contributed by atoms with Gasteiger partial charge in [-0.15, -0.1) is 0 Å². The van der Waals surface area contributed by atoms with Crippen molar-refractivity contribution < 1.29 is 18.7 Å². The predicted octanol–water partition coefficient (Wildman–Crippen LogP) is 2.72. The summed E-state index contributed by atoms with van der Waals surface area (Å²) in [4.78, 5) is 16.2. The normalized spacial score (nSPS) is 23.1. The molecule has 1 fully saturated rings. The molecule has 1 aromatic rings. The van der Waals surface area contributed by atoms with E-state index in [-0.39, 0.29) is 37.2 Å². The Kier molecular flexibility index (Phi) is 6.29. The fourth-order valence-corrected chi connectivity index (χ4v) is 3.30. The summed E-state index contributed by atoms with van der Waals surface area (Å²) in [7, 11) is 1.66. The van der Waals surface area contributed by atoms with E-state index in [0.717, 1.165) is 31.4 Å². The van der Waals surface area contributed by atoms with Crippen LogP contribution in [0.1, 0.15) is 44.7 Å². The first-order valence-corrected chi connectivity index (χ1v) is 8.42. The molecule has 0 radical (unpaired) electrons. The van der Waals surface area contributed by atoms with Gasteiger partial charge in [-0.2, -0.15) is 0 Å². The molecule has 0 saturated carbocycles. The molecule has 24 heavy (non-hydrogen) atoms. The maximum Gasteiger partial charge on any atom is 0.237 e. The standard InChI is InChI=1S/C18H26F2N2O2/c1-12-5-4-6-15(11-23)22(12)10-18(24)21(3)13(2)14-7-8-16(19)17(20)9-14/h7-9,12-13,15,23H,4-6,10-11H2,1-3H3. The van der Waals surface area contributed by atoms with Gasteiger partial charge in [0.25, 0.3) is 0 Å². The Hall–Kier alpha value is -1.53. The number of carbonyl (C=O) groups excluding carboxylic acids is 1. The number of likely N-dealkylation sites (N-methyl/N-ethyl adjacent to an activating group) is 1. The third kappa shape index (κ3) is 4.11. The zero-order chi connectivity index (χ0) is 17.9. The van der Waals surface area contributed by atoms with Crippen LogP contribution < -0.4 is 0 Å². The van der Waals surface area contributed by atoms with Crippen LogP contribution in [-0.4, -0.2) is 53.1 Å². The smallest absolute Gasteiger partial charge is 0.237 e. The summed E-state index contributed by atoms with van der Waals surface area (Å²) in [5.41, 5.74) is 0.551. The Labute approximate surface area is 142 Å². The van der Waals surface area contributed by atoms with Gasteiger partial charge in [0.1, 0.15) is 0 Å². The molecule has 3 unspecified atom stereocenters. The zero-order valence-corrected chi connectivity index (χ0v) is 14.5. The lowest BCUT2D eigenvalue weighted by molar-refractivity contribution is -0.135. The van der Waals surface area contributed by atoms with Crippen molar-refractivity contribution in [3.8, 4) is 0 Å². The highest BCUT2D eigenvalue weighted by molar-refractivity contribution is 5.78. The highest BCUT2D eigenvalue weighted by atomic mass is 19.2. The van der Waals surface area contributed by atoms with E-state index < -0.39 is 11.6 Å². The van der Waals surface area contributed by atoms with Crippen LogP contribution in [0, 0.1) is 11.6 Å². The number of amides is 1. The molecule has 4 nitrogen and oxygen atoms in total. The molecule has 0 bridgehead atoms. The topological polar surface area (TPSA) is 43.8 Å². The molecule has 1 amide bonds. The molecule has 134 valence electrons. The summed E-state index contributed by atoms with van der Waals surface area (Å²) in [5, 5.41) is 9.53. The first-order valence-electron chi connectivity index (χ1n) is 8.42. The molecule has 0 aromatic heterocycles. The average molecular weight is 340 g/mol. The number of benzene rings is 1. The van der Waals surface area contributed by atoms with Crippen molar-refractivity contribution >= 4 is 5.91 Å². The van der Waals surface area contributed by atoms with E-state index in [1.54, 1.807) is 18.9 Å². The fourth-order valence-electron chi connectivity index (χ4n) is 3.30. The molecule has 1 saturated heterocycles. The third-order valence-corrected chi connectivity index (χ3v) is 5.12. The minimum absolute atomic E-state index is 0.00433. The lowest BCUT2D eigenvalue weighted by atomic mass is 9.96. The molecule has 1 aromatic carbocycles. The van der Waals surface area contributed by atoms with Crippen molar-refractivity contribution in [3.05, 3.63) is 35.4 Å². The van der Waals surface area contributed by atoms with Crippen LogP contribution in [0.3, 0.4) is 0 Å². The summed E-state index contributed by atoms with van der Waals surface area (Å²) < 4.78 is 26.5. The van der Waals surface area contributed by atoms with Crippen LogP contribution >= 0.6 is 0 Å². The molecule has 1 aliphatic rings. The summed E-state index contributed by atoms with van der Waals surface area (Å²) in [6, 6.07) is 3.59. The lowest BCUT2D eigenvalue weighted by Gasteiger charge is -2.40. The minimum atomic E-state index is -0.912. The molecule has 6 heteroatoms. The van der Waals surface area contributed by atoms with Gasteiger partial charge in [-0.25, -0.2) is 8.78 Å². The van der Waals surface area contributed by atoms with E-state index in [2.05, 4.69) is 6.92 Å². The molecule has 1 N–H and O–H groups in total. The van der Waals surface area contributed by atoms with Crippen molar-refractivity contribution in [1.29, 1.82) is 0 Å². The van der Waals surface area contributed by atoms with Crippen molar-refractivity contribution in [1.82, 2.24) is 9.80 Å². The number of carbonyl (C=O) groups is 1. The van der Waals surface area contributed by atoms with E-state index in [9.17, 15) is 18.7 Å². The number of halogens is 2. The summed E-state index contributed by atoms with van der Waals surface area (Å²) >= 11 is 0. The van der Waals surface area contributed by atoms with Crippen LogP contribution in [0.15, 0.2) is 18.2 Å². The Balaban J connectivity index is 2.06. The molecule has 1 heterocycles. The molecule has 3 atom stereocenters. The van der Waals surface area contributed by atoms with E-state index in [0.29, 0.717) is 5.56 Å². The van der Waals surface area contributed by atoms with Gasteiger partial charge in [-0.3, -0.25) is 9.69 Å². The van der Waals surface area contributed by atoms with Gasteiger partial charge in [0.15, 0.2) is 11.6 Å². The summed E-state index contributed by atoms with van der Waals surface area (Å²) in [5.74, 6) is -1.91. The van der Waals surface area contributed by atoms with Crippen molar-refractivity contribution in [3.63, 3.8) is 0 Å². The van der Waals surface area contributed by atoms with Crippen LogP contribution in [0.4, 0.5) is 8.78 Å². The number of piperidine rings is 1. The van der Waals surface area contributed by atoms with Gasteiger partial charge in [-0.1, -0.05) is 12.5 Å². The molecule has 0 aliphatic carbocycles. The number of nitrogens with zero attached hydrogens (tertiary/aromatic N) is 2. The minimum Gasteiger partial charge on any atom is -0.395 e.